The minimum atomic E-state index is -4.67. The van der Waals surface area contributed by atoms with Gasteiger partial charge in [-0.15, -0.1) is 0 Å². The second-order valence-electron chi connectivity index (χ2n) is 3.87. The predicted molar refractivity (Wildman–Crippen MR) is 54.1 cm³/mol. The zero-order valence-electron chi connectivity index (χ0n) is 9.17. The van der Waals surface area contributed by atoms with Crippen molar-refractivity contribution in [3.8, 4) is 0 Å². The number of rotatable bonds is 2. The van der Waals surface area contributed by atoms with E-state index < -0.39 is 42.0 Å². The standard InChI is InChI=1S/C11H6F5NO2/c12-8(13)4-17-7-2-1-5(11(14,15)16)3-6(7)9(18)10(17)19/h1-3,8H,4H2. The minimum Gasteiger partial charge on any atom is -0.299 e. The lowest BCUT2D eigenvalue weighted by molar-refractivity contribution is -0.137. The fraction of sp³-hybridized carbons (Fsp3) is 0.273. The van der Waals surface area contributed by atoms with Crippen LogP contribution in [0.3, 0.4) is 0 Å². The monoisotopic (exact) mass is 279 g/mol. The van der Waals surface area contributed by atoms with Crippen molar-refractivity contribution in [3.63, 3.8) is 0 Å². The fourth-order valence-electron chi connectivity index (χ4n) is 1.80. The Kier molecular flexibility index (Phi) is 3.03. The summed E-state index contributed by atoms with van der Waals surface area (Å²) in [6.07, 6.45) is -7.56. The van der Waals surface area contributed by atoms with Crippen LogP contribution in [-0.4, -0.2) is 24.7 Å². The quantitative estimate of drug-likeness (QED) is 0.616. The highest BCUT2D eigenvalue weighted by molar-refractivity contribution is 6.52. The van der Waals surface area contributed by atoms with Gasteiger partial charge in [-0.05, 0) is 18.2 Å². The molecule has 2 rings (SSSR count). The van der Waals surface area contributed by atoms with Crippen molar-refractivity contribution in [2.45, 2.75) is 12.6 Å². The topological polar surface area (TPSA) is 37.4 Å². The average Bonchev–Trinajstić information content (AvgIpc) is 2.53. The summed E-state index contributed by atoms with van der Waals surface area (Å²) in [5.41, 5.74) is -1.82. The summed E-state index contributed by atoms with van der Waals surface area (Å²) in [6, 6.07) is 1.99. The van der Waals surface area contributed by atoms with Crippen LogP contribution >= 0.6 is 0 Å². The molecule has 3 nitrogen and oxygen atoms in total. The van der Waals surface area contributed by atoms with E-state index in [0.717, 1.165) is 6.07 Å². The number of benzene rings is 1. The number of carbonyl (C=O) groups excluding carboxylic acids is 2. The number of hydrogen-bond acceptors (Lipinski definition) is 2. The van der Waals surface area contributed by atoms with E-state index in [1.54, 1.807) is 0 Å². The second-order valence-corrected chi connectivity index (χ2v) is 3.87. The molecule has 1 aromatic rings. The lowest BCUT2D eigenvalue weighted by Crippen LogP contribution is -2.33. The maximum Gasteiger partial charge on any atom is 0.416 e. The van der Waals surface area contributed by atoms with Gasteiger partial charge in [0.25, 0.3) is 18.1 Å². The van der Waals surface area contributed by atoms with Crippen molar-refractivity contribution in [1.29, 1.82) is 0 Å². The molecule has 0 unspecified atom stereocenters. The highest BCUT2D eigenvalue weighted by Crippen LogP contribution is 2.36. The van der Waals surface area contributed by atoms with E-state index in [-0.39, 0.29) is 5.69 Å². The first kappa shape index (κ1) is 13.4. The number of anilines is 1. The van der Waals surface area contributed by atoms with E-state index in [9.17, 15) is 31.5 Å². The van der Waals surface area contributed by atoms with Crippen molar-refractivity contribution >= 4 is 17.4 Å². The zero-order chi connectivity index (χ0) is 14.4. The molecule has 0 N–H and O–H groups in total. The second kappa shape index (κ2) is 4.29. The summed E-state index contributed by atoms with van der Waals surface area (Å²) in [5.74, 6) is -2.45. The first-order valence-electron chi connectivity index (χ1n) is 5.07. The Labute approximate surface area is 103 Å². The van der Waals surface area contributed by atoms with Crippen molar-refractivity contribution in [3.05, 3.63) is 29.3 Å². The molecule has 0 radical (unpaired) electrons. The molecule has 1 aliphatic heterocycles. The Hall–Kier alpha value is -1.99. The number of halogens is 5. The lowest BCUT2D eigenvalue weighted by Gasteiger charge is -2.16. The summed E-state index contributed by atoms with van der Waals surface area (Å²) in [6.45, 7) is -1.02. The van der Waals surface area contributed by atoms with Gasteiger partial charge in [0.05, 0.1) is 23.4 Å². The van der Waals surface area contributed by atoms with Crippen LogP contribution in [0, 0.1) is 0 Å². The summed E-state index contributed by atoms with van der Waals surface area (Å²) in [4.78, 5) is 23.4. The third-order valence-electron chi connectivity index (χ3n) is 2.62. The molecule has 19 heavy (non-hydrogen) atoms. The number of alkyl halides is 5. The van der Waals surface area contributed by atoms with E-state index >= 15 is 0 Å². The molecule has 1 aliphatic rings. The molecule has 1 aromatic carbocycles. The molecule has 0 aromatic heterocycles. The highest BCUT2D eigenvalue weighted by atomic mass is 19.4. The Morgan fingerprint density at radius 1 is 1.16 bits per heavy atom. The minimum absolute atomic E-state index is 0.219. The number of amides is 1. The summed E-state index contributed by atoms with van der Waals surface area (Å²) in [7, 11) is 0. The van der Waals surface area contributed by atoms with Crippen LogP contribution in [0.4, 0.5) is 27.6 Å². The van der Waals surface area contributed by atoms with Crippen LogP contribution < -0.4 is 4.90 Å². The van der Waals surface area contributed by atoms with Crippen molar-refractivity contribution in [2.75, 3.05) is 11.4 Å². The third-order valence-corrected chi connectivity index (χ3v) is 2.62. The molecule has 1 heterocycles. The summed E-state index contributed by atoms with van der Waals surface area (Å²) >= 11 is 0. The van der Waals surface area contributed by atoms with Crippen LogP contribution in [0.25, 0.3) is 0 Å². The van der Waals surface area contributed by atoms with E-state index in [1.165, 1.54) is 0 Å². The van der Waals surface area contributed by atoms with Gasteiger partial charge in [-0.2, -0.15) is 13.2 Å². The predicted octanol–water partition coefficient (Wildman–Crippen LogP) is 2.50. The number of hydrogen-bond donors (Lipinski definition) is 0. The van der Waals surface area contributed by atoms with Gasteiger partial charge >= 0.3 is 6.18 Å². The first-order chi connectivity index (χ1) is 8.71. The van der Waals surface area contributed by atoms with Gasteiger partial charge < -0.3 is 0 Å². The van der Waals surface area contributed by atoms with Crippen LogP contribution in [0.2, 0.25) is 0 Å². The molecule has 0 spiro atoms. The van der Waals surface area contributed by atoms with E-state index in [1.807, 2.05) is 0 Å². The number of carbonyl (C=O) groups is 2. The Bertz CT molecular complexity index is 553. The maximum absolute atomic E-state index is 12.5. The fourth-order valence-corrected chi connectivity index (χ4v) is 1.80. The average molecular weight is 279 g/mol. The van der Waals surface area contributed by atoms with Gasteiger partial charge in [-0.3, -0.25) is 14.5 Å². The number of fused-ring (bicyclic) bond motifs is 1. The largest absolute Gasteiger partial charge is 0.416 e. The lowest BCUT2D eigenvalue weighted by atomic mass is 10.1. The van der Waals surface area contributed by atoms with E-state index in [0.29, 0.717) is 17.0 Å². The summed E-state index contributed by atoms with van der Waals surface area (Å²) < 4.78 is 61.9. The molecule has 0 bridgehead atoms. The molecule has 0 saturated carbocycles. The molecule has 0 atom stereocenters. The van der Waals surface area contributed by atoms with Gasteiger partial charge in [-0.25, -0.2) is 8.78 Å². The molecule has 0 aliphatic carbocycles. The van der Waals surface area contributed by atoms with Crippen molar-refractivity contribution in [1.82, 2.24) is 0 Å². The highest BCUT2D eigenvalue weighted by Gasteiger charge is 2.40. The third kappa shape index (κ3) is 2.29. The molecular weight excluding hydrogens is 273 g/mol. The number of ketones is 1. The smallest absolute Gasteiger partial charge is 0.299 e. The zero-order valence-corrected chi connectivity index (χ0v) is 9.17. The first-order valence-corrected chi connectivity index (χ1v) is 5.07. The van der Waals surface area contributed by atoms with E-state index in [2.05, 4.69) is 0 Å². The van der Waals surface area contributed by atoms with Gasteiger partial charge in [-0.1, -0.05) is 0 Å². The SMILES string of the molecule is O=C1C(=O)N(CC(F)F)c2ccc(C(F)(F)F)cc21. The van der Waals surface area contributed by atoms with Gasteiger partial charge in [0, 0.05) is 0 Å². The normalized spacial score (nSPS) is 15.4. The summed E-state index contributed by atoms with van der Waals surface area (Å²) in [5, 5.41) is 0. The molecule has 8 heteroatoms. The number of nitrogens with zero attached hydrogens (tertiary/aromatic N) is 1. The van der Waals surface area contributed by atoms with Crippen molar-refractivity contribution < 1.29 is 31.5 Å². The Morgan fingerprint density at radius 2 is 1.79 bits per heavy atom. The van der Waals surface area contributed by atoms with Crippen molar-refractivity contribution in [2.24, 2.45) is 0 Å². The van der Waals surface area contributed by atoms with Crippen LogP contribution in [-0.2, 0) is 11.0 Å². The van der Waals surface area contributed by atoms with Gasteiger partial charge in [0.1, 0.15) is 0 Å². The van der Waals surface area contributed by atoms with Gasteiger partial charge in [0.15, 0.2) is 0 Å². The van der Waals surface area contributed by atoms with Crippen LogP contribution in [0.15, 0.2) is 18.2 Å². The molecule has 1 amide bonds. The maximum atomic E-state index is 12.5. The molecule has 0 fully saturated rings. The Morgan fingerprint density at radius 3 is 2.32 bits per heavy atom. The van der Waals surface area contributed by atoms with Gasteiger partial charge in [0.2, 0.25) is 0 Å². The van der Waals surface area contributed by atoms with Crippen LogP contribution in [0.5, 0.6) is 0 Å². The molecule has 0 saturated heterocycles. The molecule has 102 valence electrons. The number of Topliss-reactive ketones (excluding diaryl/α,β-unsaturated/α-hetero) is 1. The molecular formula is C11H6F5NO2. The van der Waals surface area contributed by atoms with Crippen LogP contribution in [0.1, 0.15) is 15.9 Å². The van der Waals surface area contributed by atoms with E-state index in [4.69, 9.17) is 0 Å². The Balaban J connectivity index is 2.47.